The van der Waals surface area contributed by atoms with Gasteiger partial charge < -0.3 is 5.84 Å². The van der Waals surface area contributed by atoms with Crippen molar-refractivity contribution in [2.24, 2.45) is 0 Å². The fourth-order valence-electron chi connectivity index (χ4n) is 1.32. The Hall–Kier alpha value is -0.783. The topological polar surface area (TPSA) is 13.1 Å². The van der Waals surface area contributed by atoms with Crippen molar-refractivity contribution in [3.63, 3.8) is 0 Å². The van der Waals surface area contributed by atoms with Gasteiger partial charge in [-0.25, -0.2) is 8.78 Å². The van der Waals surface area contributed by atoms with Crippen molar-refractivity contribution < 1.29 is 33.5 Å². The Morgan fingerprint density at radius 1 is 1.29 bits per heavy atom. The summed E-state index contributed by atoms with van der Waals surface area (Å²) >= 11 is 0. The number of halogens is 2. The van der Waals surface area contributed by atoms with E-state index in [-0.39, 0.29) is 25.9 Å². The molecular weight excluding hydrogens is 181 g/mol. The van der Waals surface area contributed by atoms with Crippen molar-refractivity contribution in [2.45, 2.75) is 12.8 Å². The summed E-state index contributed by atoms with van der Waals surface area (Å²) in [5.74, 6) is -2.84. The molecule has 1 aromatic heterocycles. The van der Waals surface area contributed by atoms with Crippen molar-refractivity contribution in [2.75, 3.05) is 0 Å². The zero-order valence-electron chi connectivity index (χ0n) is 9.05. The first-order chi connectivity index (χ1) is 6.09. The summed E-state index contributed by atoms with van der Waals surface area (Å²) in [6.45, 7) is 0.865. The van der Waals surface area contributed by atoms with E-state index >= 15 is 0 Å². The Labute approximate surface area is 93.8 Å². The molecule has 0 bridgehead atoms. The minimum absolute atomic E-state index is 0. The first-order valence-corrected chi connectivity index (χ1v) is 3.93. The molecule has 4 heteroatoms. The molecule has 2 aromatic rings. The molecule has 0 N–H and O–H groups in total. The summed E-state index contributed by atoms with van der Waals surface area (Å²) in [4.78, 5) is 0. The third-order valence-electron chi connectivity index (χ3n) is 1.95. The van der Waals surface area contributed by atoms with Gasteiger partial charge in [-0.1, -0.05) is 18.2 Å². The predicted molar refractivity (Wildman–Crippen MR) is 46.9 cm³/mol. The maximum absolute atomic E-state index is 13.0. The first kappa shape index (κ1) is 11.3. The molecule has 0 saturated carbocycles. The quantitative estimate of drug-likeness (QED) is 0.602. The van der Waals surface area contributed by atoms with Crippen LogP contribution in [-0.4, -0.2) is 0 Å². The van der Waals surface area contributed by atoms with Gasteiger partial charge in [-0.15, -0.1) is 0 Å². The number of benzene rings is 1. The average molecular weight is 190 g/mol. The van der Waals surface area contributed by atoms with E-state index in [1.807, 2.05) is 0 Å². The van der Waals surface area contributed by atoms with Crippen LogP contribution < -0.4 is 18.9 Å². The molecule has 0 aliphatic heterocycles. The van der Waals surface area contributed by atoms with Gasteiger partial charge in [0.2, 0.25) is 0 Å². The number of para-hydroxylation sites is 1. The van der Waals surface area contributed by atoms with Crippen molar-refractivity contribution in [3.05, 3.63) is 36.1 Å². The van der Waals surface area contributed by atoms with Crippen LogP contribution in [0.25, 0.3) is 11.0 Å². The number of hydrogen-bond acceptors (Lipinski definition) is 1. The van der Waals surface area contributed by atoms with Crippen LogP contribution in [0.5, 0.6) is 0 Å². The number of hydrogen-bond donors (Lipinski definition) is 0. The van der Waals surface area contributed by atoms with Gasteiger partial charge in [0.05, 0.1) is 5.56 Å². The van der Waals surface area contributed by atoms with Gasteiger partial charge in [-0.3, -0.25) is 0 Å². The monoisotopic (exact) mass is 190 g/mol. The standard InChI is InChI=1S/C10H8F2O.Li.H/c1-10(11,12)8-6-13-9-5-3-2-4-7(8)9;;/h2-6H,1H3;;/q;+1;-1. The van der Waals surface area contributed by atoms with Gasteiger partial charge >= 0.3 is 18.9 Å². The Kier molecular flexibility index (Phi) is 3.03. The number of alkyl halides is 2. The van der Waals surface area contributed by atoms with E-state index in [2.05, 4.69) is 0 Å². The van der Waals surface area contributed by atoms with Crippen molar-refractivity contribution in [1.82, 2.24) is 0 Å². The molecule has 0 amide bonds. The first-order valence-electron chi connectivity index (χ1n) is 3.93. The van der Waals surface area contributed by atoms with Crippen molar-refractivity contribution in [1.29, 1.82) is 0 Å². The average Bonchev–Trinajstić information content (AvgIpc) is 2.45. The second-order valence-corrected chi connectivity index (χ2v) is 3.03. The fourth-order valence-corrected chi connectivity index (χ4v) is 1.32. The van der Waals surface area contributed by atoms with Crippen LogP contribution in [0.3, 0.4) is 0 Å². The van der Waals surface area contributed by atoms with Crippen LogP contribution in [-0.2, 0) is 5.92 Å². The Morgan fingerprint density at radius 2 is 1.93 bits per heavy atom. The number of fused-ring (bicyclic) bond motifs is 1. The van der Waals surface area contributed by atoms with E-state index in [1.165, 1.54) is 0 Å². The summed E-state index contributed by atoms with van der Waals surface area (Å²) in [6, 6.07) is 6.77. The smallest absolute Gasteiger partial charge is 1.00 e. The molecule has 0 atom stereocenters. The van der Waals surface area contributed by atoms with E-state index in [0.717, 1.165) is 13.2 Å². The summed E-state index contributed by atoms with van der Waals surface area (Å²) < 4.78 is 30.9. The minimum Gasteiger partial charge on any atom is -1.00 e. The fraction of sp³-hybridized carbons (Fsp3) is 0.200. The molecule has 0 aliphatic rings. The summed E-state index contributed by atoms with van der Waals surface area (Å²) in [6.07, 6.45) is 1.12. The van der Waals surface area contributed by atoms with Gasteiger partial charge in [-0.05, 0) is 6.07 Å². The number of rotatable bonds is 1. The van der Waals surface area contributed by atoms with Gasteiger partial charge in [0, 0.05) is 12.3 Å². The molecule has 0 radical (unpaired) electrons. The molecule has 2 rings (SSSR count). The normalized spacial score (nSPS) is 11.4. The second-order valence-electron chi connectivity index (χ2n) is 3.03. The third-order valence-corrected chi connectivity index (χ3v) is 1.95. The Morgan fingerprint density at radius 3 is 2.57 bits per heavy atom. The minimum atomic E-state index is -2.84. The van der Waals surface area contributed by atoms with Gasteiger partial charge in [0.15, 0.2) is 0 Å². The van der Waals surface area contributed by atoms with Gasteiger partial charge in [-0.2, -0.15) is 0 Å². The van der Waals surface area contributed by atoms with Crippen LogP contribution in [0.4, 0.5) is 8.78 Å². The SMILES string of the molecule is CC(F)(F)c1coc2ccccc12.[H-].[Li+]. The van der Waals surface area contributed by atoms with Crippen LogP contribution in [0.15, 0.2) is 34.9 Å². The molecule has 0 saturated heterocycles. The largest absolute Gasteiger partial charge is 1.00 e. The molecule has 0 unspecified atom stereocenters. The van der Waals surface area contributed by atoms with Crippen LogP contribution >= 0.6 is 0 Å². The molecule has 1 heterocycles. The van der Waals surface area contributed by atoms with Gasteiger partial charge in [0.1, 0.15) is 11.8 Å². The van der Waals surface area contributed by atoms with Crippen LogP contribution in [0, 0.1) is 0 Å². The summed E-state index contributed by atoms with van der Waals surface area (Å²) in [5.41, 5.74) is 0.446. The summed E-state index contributed by atoms with van der Waals surface area (Å²) in [7, 11) is 0. The molecule has 0 spiro atoms. The molecule has 1 nitrogen and oxygen atoms in total. The van der Waals surface area contributed by atoms with Crippen molar-refractivity contribution >= 4 is 11.0 Å². The van der Waals surface area contributed by atoms with Crippen molar-refractivity contribution in [3.8, 4) is 0 Å². The van der Waals surface area contributed by atoms with E-state index in [9.17, 15) is 8.78 Å². The molecule has 14 heavy (non-hydrogen) atoms. The van der Waals surface area contributed by atoms with E-state index in [4.69, 9.17) is 4.42 Å². The third kappa shape index (κ3) is 1.84. The van der Waals surface area contributed by atoms with Crippen LogP contribution in [0.2, 0.25) is 0 Å². The van der Waals surface area contributed by atoms with Gasteiger partial charge in [0.25, 0.3) is 5.92 Å². The Balaban J connectivity index is 0.000000980. The van der Waals surface area contributed by atoms with E-state index in [0.29, 0.717) is 11.0 Å². The van der Waals surface area contributed by atoms with Crippen LogP contribution in [0.1, 0.15) is 13.9 Å². The zero-order chi connectivity index (χ0) is 9.47. The Bertz CT molecular complexity index is 436. The second kappa shape index (κ2) is 3.76. The molecular formula is C10H9F2LiO. The maximum Gasteiger partial charge on any atom is 1.00 e. The number of furan rings is 1. The summed E-state index contributed by atoms with van der Waals surface area (Å²) in [5, 5.41) is 0.481. The molecule has 70 valence electrons. The molecule has 0 aliphatic carbocycles. The molecule has 0 fully saturated rings. The maximum atomic E-state index is 13.0. The zero-order valence-corrected chi connectivity index (χ0v) is 8.05. The van der Waals surface area contributed by atoms with E-state index in [1.54, 1.807) is 24.3 Å². The predicted octanol–water partition coefficient (Wildman–Crippen LogP) is 0.661. The van der Waals surface area contributed by atoms with E-state index < -0.39 is 5.92 Å². The molecule has 1 aromatic carbocycles.